The number of anilines is 2. The van der Waals surface area contributed by atoms with Crippen LogP contribution in [0.25, 0.3) is 0 Å². The van der Waals surface area contributed by atoms with Crippen LogP contribution in [0.1, 0.15) is 18.2 Å². The largest absolute Gasteiger partial charge is 0.370 e. The molecule has 2 aromatic rings. The molecule has 0 aliphatic carbocycles. The molecule has 0 saturated heterocycles. The first kappa shape index (κ1) is 11.9. The molecule has 2 heterocycles. The molecule has 17 heavy (non-hydrogen) atoms. The van der Waals surface area contributed by atoms with Gasteiger partial charge in [-0.25, -0.2) is 9.97 Å². The van der Waals surface area contributed by atoms with Gasteiger partial charge in [-0.2, -0.15) is 0 Å². The second-order valence-corrected chi connectivity index (χ2v) is 4.68. The van der Waals surface area contributed by atoms with Crippen molar-refractivity contribution in [2.24, 2.45) is 0 Å². The summed E-state index contributed by atoms with van der Waals surface area (Å²) in [7, 11) is 0. The quantitative estimate of drug-likeness (QED) is 0.825. The van der Waals surface area contributed by atoms with Crippen LogP contribution in [0.5, 0.6) is 0 Å². The Morgan fingerprint density at radius 1 is 1.24 bits per heavy atom. The van der Waals surface area contributed by atoms with Crippen molar-refractivity contribution in [3.05, 3.63) is 34.8 Å². The molecule has 0 amide bonds. The standard InChI is InChI=1S/C12H16N4S/c1-2-5-13-11-7-12(16-9-15-11)14-8-10-4-3-6-17-10/h3-4,6-7,9H,2,5,8H2,1H3,(H2,13,14,15,16). The Bertz CT molecular complexity index is 442. The Hall–Kier alpha value is -1.62. The van der Waals surface area contributed by atoms with Gasteiger partial charge in [0.1, 0.15) is 18.0 Å². The van der Waals surface area contributed by atoms with Crippen LogP contribution in [0.2, 0.25) is 0 Å². The molecule has 0 fully saturated rings. The van der Waals surface area contributed by atoms with Crippen molar-refractivity contribution in [2.45, 2.75) is 19.9 Å². The van der Waals surface area contributed by atoms with E-state index >= 15 is 0 Å². The van der Waals surface area contributed by atoms with Crippen molar-refractivity contribution in [3.63, 3.8) is 0 Å². The number of nitrogens with one attached hydrogen (secondary N) is 2. The van der Waals surface area contributed by atoms with Crippen molar-refractivity contribution in [3.8, 4) is 0 Å². The maximum Gasteiger partial charge on any atom is 0.131 e. The molecular formula is C12H16N4S. The first-order valence-electron chi connectivity index (χ1n) is 5.70. The van der Waals surface area contributed by atoms with Gasteiger partial charge in [0.2, 0.25) is 0 Å². The van der Waals surface area contributed by atoms with Crippen molar-refractivity contribution >= 4 is 23.0 Å². The van der Waals surface area contributed by atoms with Crippen molar-refractivity contribution in [1.29, 1.82) is 0 Å². The number of aromatic nitrogens is 2. The zero-order valence-corrected chi connectivity index (χ0v) is 10.6. The van der Waals surface area contributed by atoms with E-state index in [0.29, 0.717) is 0 Å². The predicted molar refractivity (Wildman–Crippen MR) is 72.5 cm³/mol. The summed E-state index contributed by atoms with van der Waals surface area (Å²) in [4.78, 5) is 9.65. The fourth-order valence-corrected chi connectivity index (χ4v) is 2.04. The Balaban J connectivity index is 1.91. The number of hydrogen-bond donors (Lipinski definition) is 2. The summed E-state index contributed by atoms with van der Waals surface area (Å²) < 4.78 is 0. The van der Waals surface area contributed by atoms with Crippen LogP contribution < -0.4 is 10.6 Å². The lowest BCUT2D eigenvalue weighted by Gasteiger charge is -2.06. The van der Waals surface area contributed by atoms with E-state index in [-0.39, 0.29) is 0 Å². The van der Waals surface area contributed by atoms with E-state index in [1.807, 2.05) is 6.07 Å². The fraction of sp³-hybridized carbons (Fsp3) is 0.333. The van der Waals surface area contributed by atoms with Gasteiger partial charge in [0.05, 0.1) is 6.54 Å². The monoisotopic (exact) mass is 248 g/mol. The van der Waals surface area contributed by atoms with Gasteiger partial charge in [-0.05, 0) is 17.9 Å². The average Bonchev–Trinajstić information content (AvgIpc) is 2.87. The molecule has 0 aromatic carbocycles. The second kappa shape index (κ2) is 6.20. The van der Waals surface area contributed by atoms with E-state index in [0.717, 1.165) is 31.1 Å². The molecule has 4 nitrogen and oxygen atoms in total. The second-order valence-electron chi connectivity index (χ2n) is 3.65. The summed E-state index contributed by atoms with van der Waals surface area (Å²) in [5.74, 6) is 1.72. The topological polar surface area (TPSA) is 49.8 Å². The molecule has 0 aliphatic heterocycles. The van der Waals surface area contributed by atoms with Gasteiger partial charge in [0.15, 0.2) is 0 Å². The maximum absolute atomic E-state index is 4.19. The lowest BCUT2D eigenvalue weighted by Crippen LogP contribution is -2.05. The first-order valence-corrected chi connectivity index (χ1v) is 6.58. The van der Waals surface area contributed by atoms with Crippen LogP contribution in [0.15, 0.2) is 29.9 Å². The van der Waals surface area contributed by atoms with Crippen LogP contribution in [0.3, 0.4) is 0 Å². The molecule has 0 bridgehead atoms. The first-order chi connectivity index (χ1) is 8.38. The van der Waals surface area contributed by atoms with Crippen LogP contribution >= 0.6 is 11.3 Å². The average molecular weight is 248 g/mol. The van der Waals surface area contributed by atoms with E-state index in [2.05, 4.69) is 45.0 Å². The zero-order valence-electron chi connectivity index (χ0n) is 9.81. The Kier molecular flexibility index (Phi) is 4.32. The van der Waals surface area contributed by atoms with Crippen LogP contribution in [0.4, 0.5) is 11.6 Å². The summed E-state index contributed by atoms with van der Waals surface area (Å²) in [6.07, 6.45) is 2.66. The number of thiophene rings is 1. The summed E-state index contributed by atoms with van der Waals surface area (Å²) in [6, 6.07) is 6.09. The molecule has 0 unspecified atom stereocenters. The summed E-state index contributed by atoms with van der Waals surface area (Å²) in [5, 5.41) is 8.60. The van der Waals surface area contributed by atoms with E-state index < -0.39 is 0 Å². The molecular weight excluding hydrogens is 232 g/mol. The minimum Gasteiger partial charge on any atom is -0.370 e. The maximum atomic E-state index is 4.19. The van der Waals surface area contributed by atoms with Crippen molar-refractivity contribution < 1.29 is 0 Å². The molecule has 2 rings (SSSR count). The lowest BCUT2D eigenvalue weighted by atomic mass is 10.4. The zero-order chi connectivity index (χ0) is 11.9. The van der Waals surface area contributed by atoms with Crippen molar-refractivity contribution in [1.82, 2.24) is 9.97 Å². The minimum absolute atomic E-state index is 0.807. The third-order valence-electron chi connectivity index (χ3n) is 2.25. The highest BCUT2D eigenvalue weighted by atomic mass is 32.1. The van der Waals surface area contributed by atoms with Crippen LogP contribution in [0, 0.1) is 0 Å². The van der Waals surface area contributed by atoms with Crippen molar-refractivity contribution in [2.75, 3.05) is 17.2 Å². The van der Waals surface area contributed by atoms with Gasteiger partial charge in [-0.1, -0.05) is 13.0 Å². The van der Waals surface area contributed by atoms with E-state index in [1.54, 1.807) is 17.7 Å². The predicted octanol–water partition coefficient (Wildman–Crippen LogP) is 2.97. The smallest absolute Gasteiger partial charge is 0.131 e. The molecule has 0 atom stereocenters. The lowest BCUT2D eigenvalue weighted by molar-refractivity contribution is 0.963. The number of hydrogen-bond acceptors (Lipinski definition) is 5. The minimum atomic E-state index is 0.807. The van der Waals surface area contributed by atoms with Gasteiger partial charge in [0.25, 0.3) is 0 Å². The Morgan fingerprint density at radius 3 is 2.76 bits per heavy atom. The Morgan fingerprint density at radius 2 is 2.06 bits per heavy atom. The van der Waals surface area contributed by atoms with E-state index in [9.17, 15) is 0 Å². The van der Waals surface area contributed by atoms with Gasteiger partial charge in [-0.15, -0.1) is 11.3 Å². The molecule has 90 valence electrons. The molecule has 5 heteroatoms. The highest BCUT2D eigenvalue weighted by Gasteiger charge is 1.98. The summed E-state index contributed by atoms with van der Waals surface area (Å²) >= 11 is 1.74. The highest BCUT2D eigenvalue weighted by molar-refractivity contribution is 7.09. The van der Waals surface area contributed by atoms with E-state index in [4.69, 9.17) is 0 Å². The van der Waals surface area contributed by atoms with Gasteiger partial charge in [-0.3, -0.25) is 0 Å². The van der Waals surface area contributed by atoms with Crippen LogP contribution in [-0.4, -0.2) is 16.5 Å². The fourth-order valence-electron chi connectivity index (χ4n) is 1.39. The SMILES string of the molecule is CCCNc1cc(NCc2cccs2)ncn1. The normalized spacial score (nSPS) is 10.2. The number of rotatable bonds is 6. The molecule has 0 aliphatic rings. The van der Waals surface area contributed by atoms with Gasteiger partial charge >= 0.3 is 0 Å². The van der Waals surface area contributed by atoms with E-state index in [1.165, 1.54) is 4.88 Å². The number of nitrogens with zero attached hydrogens (tertiary/aromatic N) is 2. The summed E-state index contributed by atoms with van der Waals surface area (Å²) in [5.41, 5.74) is 0. The third-order valence-corrected chi connectivity index (χ3v) is 3.12. The molecule has 0 saturated carbocycles. The van der Waals surface area contributed by atoms with Crippen LogP contribution in [-0.2, 0) is 6.54 Å². The van der Waals surface area contributed by atoms with Gasteiger partial charge in [0, 0.05) is 17.5 Å². The molecule has 0 radical (unpaired) electrons. The highest BCUT2D eigenvalue weighted by Crippen LogP contribution is 2.13. The third kappa shape index (κ3) is 3.71. The Labute approximate surface area is 105 Å². The van der Waals surface area contributed by atoms with Gasteiger partial charge < -0.3 is 10.6 Å². The molecule has 0 spiro atoms. The molecule has 2 N–H and O–H groups in total. The molecule has 2 aromatic heterocycles. The summed E-state index contributed by atoms with van der Waals surface area (Å²) in [6.45, 7) is 3.87.